The summed E-state index contributed by atoms with van der Waals surface area (Å²) in [7, 11) is 1.35. The van der Waals surface area contributed by atoms with Crippen molar-refractivity contribution in [3.05, 3.63) is 70.0 Å². The van der Waals surface area contributed by atoms with Crippen molar-refractivity contribution >= 4 is 18.0 Å². The Kier molecular flexibility index (Phi) is 7.20. The van der Waals surface area contributed by atoms with Crippen molar-refractivity contribution in [3.8, 4) is 5.75 Å². The highest BCUT2D eigenvalue weighted by Crippen LogP contribution is 2.31. The first-order valence-electron chi connectivity index (χ1n) is 8.82. The van der Waals surface area contributed by atoms with Crippen molar-refractivity contribution in [1.29, 1.82) is 0 Å². The molecule has 0 bridgehead atoms. The maximum atomic E-state index is 13.7. The molecule has 0 aliphatic carbocycles. The molecule has 0 aliphatic rings. The summed E-state index contributed by atoms with van der Waals surface area (Å²) in [6, 6.07) is 6.90. The Labute approximate surface area is 170 Å². The minimum absolute atomic E-state index is 0.0967. The van der Waals surface area contributed by atoms with Crippen LogP contribution in [0.15, 0.2) is 42.0 Å². The highest BCUT2D eigenvalue weighted by Gasteiger charge is 2.33. The van der Waals surface area contributed by atoms with Gasteiger partial charge in [0, 0.05) is 12.1 Å². The van der Waals surface area contributed by atoms with Crippen molar-refractivity contribution in [2.75, 3.05) is 7.11 Å². The van der Waals surface area contributed by atoms with Crippen LogP contribution in [0.3, 0.4) is 0 Å². The predicted molar refractivity (Wildman–Crippen MR) is 101 cm³/mol. The van der Waals surface area contributed by atoms with Crippen molar-refractivity contribution < 1.29 is 37.0 Å². The zero-order chi connectivity index (χ0) is 22.5. The summed E-state index contributed by atoms with van der Waals surface area (Å²) in [5, 5.41) is 11.6. The third-order valence-electron chi connectivity index (χ3n) is 4.26. The van der Waals surface area contributed by atoms with Crippen LogP contribution >= 0.6 is 0 Å². The minimum Gasteiger partial charge on any atom is -0.496 e. The van der Waals surface area contributed by atoms with E-state index in [4.69, 9.17) is 9.84 Å². The van der Waals surface area contributed by atoms with Gasteiger partial charge in [-0.15, -0.1) is 0 Å². The van der Waals surface area contributed by atoms with E-state index in [2.05, 4.69) is 5.32 Å². The zero-order valence-electron chi connectivity index (χ0n) is 16.1. The maximum Gasteiger partial charge on any atom is 0.419 e. The van der Waals surface area contributed by atoms with E-state index >= 15 is 0 Å². The molecule has 0 unspecified atom stereocenters. The van der Waals surface area contributed by atoms with E-state index in [1.807, 2.05) is 0 Å². The summed E-state index contributed by atoms with van der Waals surface area (Å²) >= 11 is 0. The molecule has 0 radical (unpaired) electrons. The third-order valence-corrected chi connectivity index (χ3v) is 4.26. The van der Waals surface area contributed by atoms with Gasteiger partial charge in [-0.3, -0.25) is 4.79 Å². The molecule has 0 spiro atoms. The molecule has 0 fully saturated rings. The summed E-state index contributed by atoms with van der Waals surface area (Å²) in [4.78, 5) is 23.7. The Balaban J connectivity index is 2.23. The van der Waals surface area contributed by atoms with Gasteiger partial charge in [0.25, 0.3) is 5.91 Å². The van der Waals surface area contributed by atoms with Gasteiger partial charge >= 0.3 is 12.1 Å². The SMILES string of the molecule is CC/C(=C/c1ccc(OC)c(C(=O)NCc2ccc(C(F)(F)F)c(F)c2)c1)C(=O)O. The van der Waals surface area contributed by atoms with E-state index in [0.29, 0.717) is 17.7 Å². The fraction of sp³-hybridized carbons (Fsp3) is 0.238. The number of halogens is 4. The second-order valence-electron chi connectivity index (χ2n) is 6.28. The number of carboxylic acid groups (broad SMARTS) is 1. The minimum atomic E-state index is -4.81. The van der Waals surface area contributed by atoms with Gasteiger partial charge in [0.1, 0.15) is 11.6 Å². The Hall–Kier alpha value is -3.36. The molecular weight excluding hydrogens is 406 g/mol. The number of hydrogen-bond donors (Lipinski definition) is 2. The molecule has 9 heteroatoms. The Morgan fingerprint density at radius 1 is 1.17 bits per heavy atom. The van der Waals surface area contributed by atoms with Gasteiger partial charge in [0.2, 0.25) is 0 Å². The second-order valence-corrected chi connectivity index (χ2v) is 6.28. The molecule has 0 heterocycles. The first kappa shape index (κ1) is 22.9. The van der Waals surface area contributed by atoms with Crippen LogP contribution < -0.4 is 10.1 Å². The number of rotatable bonds is 7. The van der Waals surface area contributed by atoms with Crippen molar-refractivity contribution in [1.82, 2.24) is 5.32 Å². The van der Waals surface area contributed by atoms with E-state index in [9.17, 15) is 27.2 Å². The van der Waals surface area contributed by atoms with E-state index in [-0.39, 0.29) is 35.4 Å². The first-order valence-corrected chi connectivity index (χ1v) is 8.82. The average Bonchev–Trinajstić information content (AvgIpc) is 2.68. The van der Waals surface area contributed by atoms with Gasteiger partial charge in [-0.2, -0.15) is 13.2 Å². The monoisotopic (exact) mass is 425 g/mol. The van der Waals surface area contributed by atoms with E-state index in [1.165, 1.54) is 25.3 Å². The summed E-state index contributed by atoms with van der Waals surface area (Å²) < 4.78 is 56.7. The van der Waals surface area contributed by atoms with Crippen molar-refractivity contribution in [2.24, 2.45) is 0 Å². The molecule has 2 aromatic rings. The number of hydrogen-bond acceptors (Lipinski definition) is 3. The van der Waals surface area contributed by atoms with Gasteiger partial charge in [-0.05, 0) is 47.9 Å². The topological polar surface area (TPSA) is 75.6 Å². The molecule has 160 valence electrons. The molecule has 2 aromatic carbocycles. The highest BCUT2D eigenvalue weighted by atomic mass is 19.4. The Morgan fingerprint density at radius 3 is 2.40 bits per heavy atom. The number of benzene rings is 2. The Morgan fingerprint density at radius 2 is 1.87 bits per heavy atom. The van der Waals surface area contributed by atoms with Gasteiger partial charge < -0.3 is 15.2 Å². The number of amides is 1. The summed E-state index contributed by atoms with van der Waals surface area (Å²) in [6.45, 7) is 1.47. The number of ether oxygens (including phenoxy) is 1. The van der Waals surface area contributed by atoms with Gasteiger partial charge in [0.15, 0.2) is 0 Å². The van der Waals surface area contributed by atoms with Crippen LogP contribution in [0, 0.1) is 5.82 Å². The van der Waals surface area contributed by atoms with Crippen molar-refractivity contribution in [2.45, 2.75) is 26.1 Å². The lowest BCUT2D eigenvalue weighted by atomic mass is 10.0. The molecule has 0 saturated carbocycles. The maximum absolute atomic E-state index is 13.7. The molecule has 30 heavy (non-hydrogen) atoms. The molecule has 1 amide bonds. The summed E-state index contributed by atoms with van der Waals surface area (Å²) in [5.74, 6) is -2.91. The van der Waals surface area contributed by atoms with Crippen LogP contribution in [-0.4, -0.2) is 24.1 Å². The number of carbonyl (C=O) groups is 2. The van der Waals surface area contributed by atoms with Crippen LogP contribution in [0.25, 0.3) is 6.08 Å². The molecule has 0 saturated heterocycles. The summed E-state index contributed by atoms with van der Waals surface area (Å²) in [5.41, 5.74) is -0.543. The Bertz CT molecular complexity index is 983. The van der Waals surface area contributed by atoms with E-state index in [1.54, 1.807) is 13.0 Å². The predicted octanol–water partition coefficient (Wildman–Crippen LogP) is 4.66. The molecule has 2 rings (SSSR count). The third kappa shape index (κ3) is 5.59. The number of aliphatic carboxylic acids is 1. The molecule has 5 nitrogen and oxygen atoms in total. The lowest BCUT2D eigenvalue weighted by molar-refractivity contribution is -0.140. The molecule has 0 atom stereocenters. The second kappa shape index (κ2) is 9.43. The van der Waals surface area contributed by atoms with Crippen LogP contribution in [0.4, 0.5) is 17.6 Å². The smallest absolute Gasteiger partial charge is 0.419 e. The molecular formula is C21H19F4NO4. The zero-order valence-corrected chi connectivity index (χ0v) is 16.1. The van der Waals surface area contributed by atoms with Crippen LogP contribution in [0.2, 0.25) is 0 Å². The molecule has 2 N–H and O–H groups in total. The van der Waals surface area contributed by atoms with E-state index < -0.39 is 29.4 Å². The fourth-order valence-corrected chi connectivity index (χ4v) is 2.69. The average molecular weight is 425 g/mol. The molecule has 0 aromatic heterocycles. The summed E-state index contributed by atoms with van der Waals surface area (Å²) in [6.07, 6.45) is -3.10. The van der Waals surface area contributed by atoms with Crippen molar-refractivity contribution in [3.63, 3.8) is 0 Å². The standard InChI is InChI=1S/C21H19F4NO4/c1-3-14(20(28)29)8-12-5-7-18(30-2)15(9-12)19(27)26-11-13-4-6-16(17(22)10-13)21(23,24)25/h4-10H,3,11H2,1-2H3,(H,26,27)(H,28,29)/b14-8-. The lowest BCUT2D eigenvalue weighted by Crippen LogP contribution is -2.23. The lowest BCUT2D eigenvalue weighted by Gasteiger charge is -2.12. The molecule has 0 aliphatic heterocycles. The largest absolute Gasteiger partial charge is 0.496 e. The number of carbonyl (C=O) groups excluding carboxylic acids is 1. The van der Waals surface area contributed by atoms with Gasteiger partial charge in [-0.1, -0.05) is 19.1 Å². The number of nitrogens with one attached hydrogen (secondary N) is 1. The van der Waals surface area contributed by atoms with Gasteiger partial charge in [0.05, 0.1) is 18.2 Å². The highest BCUT2D eigenvalue weighted by molar-refractivity contribution is 5.98. The van der Waals surface area contributed by atoms with E-state index in [0.717, 1.165) is 6.07 Å². The number of carboxylic acids is 1. The fourth-order valence-electron chi connectivity index (χ4n) is 2.69. The van der Waals surface area contributed by atoms with Crippen LogP contribution in [0.1, 0.15) is 40.4 Å². The normalized spacial score (nSPS) is 11.9. The van der Waals surface area contributed by atoms with Gasteiger partial charge in [-0.25, -0.2) is 9.18 Å². The quantitative estimate of drug-likeness (QED) is 0.500. The van der Waals surface area contributed by atoms with Crippen LogP contribution in [0.5, 0.6) is 5.75 Å². The number of methoxy groups -OCH3 is 1. The number of alkyl halides is 3. The van der Waals surface area contributed by atoms with Crippen LogP contribution in [-0.2, 0) is 17.5 Å². The first-order chi connectivity index (χ1) is 14.1.